The first-order valence-corrected chi connectivity index (χ1v) is 9.22. The Morgan fingerprint density at radius 3 is 2.39 bits per heavy atom. The molecule has 0 unspecified atom stereocenters. The van der Waals surface area contributed by atoms with Crippen LogP contribution in [-0.2, 0) is 9.59 Å². The van der Waals surface area contributed by atoms with Crippen LogP contribution in [0.2, 0.25) is 0 Å². The van der Waals surface area contributed by atoms with Gasteiger partial charge in [0.15, 0.2) is 0 Å². The number of nitriles is 2. The lowest BCUT2D eigenvalue weighted by atomic mass is 9.72. The molecule has 0 aromatic heterocycles. The fourth-order valence-corrected chi connectivity index (χ4v) is 3.81. The van der Waals surface area contributed by atoms with Crippen LogP contribution < -0.4 is 16.4 Å². The summed E-state index contributed by atoms with van der Waals surface area (Å²) in [7, 11) is 0. The van der Waals surface area contributed by atoms with Gasteiger partial charge in [0, 0.05) is 16.7 Å². The average Bonchev–Trinajstić information content (AvgIpc) is 2.61. The van der Waals surface area contributed by atoms with E-state index in [2.05, 4.69) is 16.7 Å². The SMILES string of the molecule is C[C@@H](SC1=C(C#N)C(C)(C)[C@H](C#N)C(=O)N1)C(=O)Nc1ccc(C(N)=O)cc1. The molecular weight excluding hydrogens is 378 g/mol. The summed E-state index contributed by atoms with van der Waals surface area (Å²) in [5, 5.41) is 23.7. The molecule has 1 aliphatic rings. The summed E-state index contributed by atoms with van der Waals surface area (Å²) >= 11 is 1.04. The van der Waals surface area contributed by atoms with E-state index in [0.29, 0.717) is 11.3 Å². The van der Waals surface area contributed by atoms with Gasteiger partial charge in [0.25, 0.3) is 0 Å². The van der Waals surface area contributed by atoms with Gasteiger partial charge in [0.05, 0.1) is 28.0 Å². The zero-order valence-corrected chi connectivity index (χ0v) is 16.4. The fraction of sp³-hybridized carbons (Fsp3) is 0.316. The summed E-state index contributed by atoms with van der Waals surface area (Å²) < 4.78 is 0. The molecule has 0 radical (unpaired) electrons. The second-order valence-corrected chi connectivity index (χ2v) is 8.13. The molecule has 1 aromatic carbocycles. The molecule has 0 aliphatic carbocycles. The molecule has 0 spiro atoms. The van der Waals surface area contributed by atoms with Crippen molar-refractivity contribution in [3.8, 4) is 12.1 Å². The molecule has 1 heterocycles. The van der Waals surface area contributed by atoms with Gasteiger partial charge in [-0.3, -0.25) is 14.4 Å². The van der Waals surface area contributed by atoms with Crippen LogP contribution in [-0.4, -0.2) is 23.0 Å². The zero-order valence-electron chi connectivity index (χ0n) is 15.6. The lowest BCUT2D eigenvalue weighted by molar-refractivity contribution is -0.125. The van der Waals surface area contributed by atoms with Crippen molar-refractivity contribution in [2.75, 3.05) is 5.32 Å². The molecule has 2 rings (SSSR count). The lowest BCUT2D eigenvalue weighted by Crippen LogP contribution is -2.45. The Hall–Kier alpha value is -3.30. The molecule has 28 heavy (non-hydrogen) atoms. The summed E-state index contributed by atoms with van der Waals surface area (Å²) in [5.74, 6) is -2.40. The van der Waals surface area contributed by atoms with Crippen molar-refractivity contribution in [3.63, 3.8) is 0 Å². The zero-order chi connectivity index (χ0) is 21.1. The predicted molar refractivity (Wildman–Crippen MR) is 104 cm³/mol. The van der Waals surface area contributed by atoms with Crippen LogP contribution in [0.15, 0.2) is 34.9 Å². The van der Waals surface area contributed by atoms with E-state index in [-0.39, 0.29) is 16.5 Å². The standard InChI is InChI=1S/C19H19N5O3S/c1-10(16(26)23-12-6-4-11(5-7-12)15(22)25)28-18-14(9-21)19(2,3)13(8-20)17(27)24-18/h4-7,10,13H,1-3H3,(H2,22,25)(H,23,26)(H,24,27)/t10-,13-/m1/s1. The van der Waals surface area contributed by atoms with Gasteiger partial charge in [-0.1, -0.05) is 25.6 Å². The smallest absolute Gasteiger partial charge is 0.248 e. The summed E-state index contributed by atoms with van der Waals surface area (Å²) in [6.07, 6.45) is 0. The molecule has 4 N–H and O–H groups in total. The van der Waals surface area contributed by atoms with Crippen LogP contribution in [0.1, 0.15) is 31.1 Å². The maximum Gasteiger partial charge on any atom is 0.248 e. The molecule has 0 saturated carbocycles. The predicted octanol–water partition coefficient (Wildman–Crippen LogP) is 1.88. The van der Waals surface area contributed by atoms with E-state index in [4.69, 9.17) is 5.73 Å². The number of benzene rings is 1. The van der Waals surface area contributed by atoms with Crippen molar-refractivity contribution in [2.45, 2.75) is 26.0 Å². The quantitative estimate of drug-likeness (QED) is 0.690. The number of amides is 3. The van der Waals surface area contributed by atoms with Gasteiger partial charge in [-0.15, -0.1) is 0 Å². The van der Waals surface area contributed by atoms with E-state index in [1.54, 1.807) is 32.9 Å². The molecule has 0 fully saturated rings. The second kappa shape index (κ2) is 8.15. The van der Waals surface area contributed by atoms with E-state index in [0.717, 1.165) is 11.8 Å². The van der Waals surface area contributed by atoms with Crippen LogP contribution >= 0.6 is 11.8 Å². The monoisotopic (exact) mass is 397 g/mol. The Kier molecular flexibility index (Phi) is 6.12. The normalized spacial score (nSPS) is 19.0. The van der Waals surface area contributed by atoms with Gasteiger partial charge in [-0.2, -0.15) is 10.5 Å². The fourth-order valence-electron chi connectivity index (χ4n) is 2.71. The number of nitrogens with one attached hydrogen (secondary N) is 2. The molecule has 0 bridgehead atoms. The number of hydrogen-bond donors (Lipinski definition) is 3. The highest BCUT2D eigenvalue weighted by Crippen LogP contribution is 2.42. The Labute approximate surface area is 166 Å². The maximum atomic E-state index is 12.5. The van der Waals surface area contributed by atoms with Gasteiger partial charge in [-0.25, -0.2) is 0 Å². The molecule has 3 amide bonds. The third-order valence-electron chi connectivity index (χ3n) is 4.43. The molecule has 0 saturated heterocycles. The van der Waals surface area contributed by atoms with Crippen molar-refractivity contribution < 1.29 is 14.4 Å². The van der Waals surface area contributed by atoms with Crippen LogP contribution in [0.5, 0.6) is 0 Å². The number of hydrogen-bond acceptors (Lipinski definition) is 6. The Balaban J connectivity index is 2.17. The minimum atomic E-state index is -0.987. The topological polar surface area (TPSA) is 149 Å². The molecular formula is C19H19N5O3S. The Morgan fingerprint density at radius 1 is 1.29 bits per heavy atom. The summed E-state index contributed by atoms with van der Waals surface area (Å²) in [4.78, 5) is 35.8. The van der Waals surface area contributed by atoms with Gasteiger partial charge in [0.1, 0.15) is 5.92 Å². The van der Waals surface area contributed by atoms with E-state index in [9.17, 15) is 24.9 Å². The van der Waals surface area contributed by atoms with Gasteiger partial charge in [0.2, 0.25) is 17.7 Å². The Bertz CT molecular complexity index is 938. The summed E-state index contributed by atoms with van der Waals surface area (Å²) in [6.45, 7) is 4.95. The number of primary amides is 1. The minimum absolute atomic E-state index is 0.258. The van der Waals surface area contributed by atoms with E-state index in [1.807, 2.05) is 6.07 Å². The van der Waals surface area contributed by atoms with E-state index in [1.165, 1.54) is 12.1 Å². The first-order valence-electron chi connectivity index (χ1n) is 8.34. The highest BCUT2D eigenvalue weighted by Gasteiger charge is 2.45. The molecule has 8 nitrogen and oxygen atoms in total. The first-order chi connectivity index (χ1) is 13.1. The molecule has 1 aromatic rings. The van der Waals surface area contributed by atoms with Crippen molar-refractivity contribution in [2.24, 2.45) is 17.1 Å². The van der Waals surface area contributed by atoms with Crippen LogP contribution in [0.3, 0.4) is 0 Å². The van der Waals surface area contributed by atoms with Crippen LogP contribution in [0, 0.1) is 34.0 Å². The van der Waals surface area contributed by atoms with Crippen LogP contribution in [0.4, 0.5) is 5.69 Å². The Morgan fingerprint density at radius 2 is 1.89 bits per heavy atom. The summed E-state index contributed by atoms with van der Waals surface area (Å²) in [6, 6.07) is 10.1. The summed E-state index contributed by atoms with van der Waals surface area (Å²) in [5.41, 5.74) is 5.28. The van der Waals surface area contributed by atoms with Gasteiger partial charge >= 0.3 is 0 Å². The van der Waals surface area contributed by atoms with Gasteiger partial charge in [-0.05, 0) is 31.2 Å². The molecule has 2 atom stereocenters. The third kappa shape index (κ3) is 4.16. The number of allylic oxidation sites excluding steroid dienone is 1. The van der Waals surface area contributed by atoms with Gasteiger partial charge < -0.3 is 16.4 Å². The highest BCUT2D eigenvalue weighted by molar-refractivity contribution is 8.04. The second-order valence-electron chi connectivity index (χ2n) is 6.78. The van der Waals surface area contributed by atoms with Crippen LogP contribution in [0.25, 0.3) is 0 Å². The molecule has 1 aliphatic heterocycles. The number of carbonyl (C=O) groups is 3. The highest BCUT2D eigenvalue weighted by atomic mass is 32.2. The number of anilines is 1. The van der Waals surface area contributed by atoms with Crippen molar-refractivity contribution >= 4 is 35.2 Å². The number of rotatable bonds is 5. The minimum Gasteiger partial charge on any atom is -0.366 e. The van der Waals surface area contributed by atoms with E-state index < -0.39 is 28.4 Å². The largest absolute Gasteiger partial charge is 0.366 e. The number of carbonyl (C=O) groups excluding carboxylic acids is 3. The van der Waals surface area contributed by atoms with Crippen molar-refractivity contribution in [3.05, 3.63) is 40.4 Å². The average molecular weight is 397 g/mol. The van der Waals surface area contributed by atoms with Crippen molar-refractivity contribution in [1.29, 1.82) is 10.5 Å². The lowest BCUT2D eigenvalue weighted by Gasteiger charge is -2.35. The maximum absolute atomic E-state index is 12.5. The van der Waals surface area contributed by atoms with E-state index >= 15 is 0 Å². The first kappa shape index (κ1) is 21.0. The number of nitrogens with zero attached hydrogens (tertiary/aromatic N) is 2. The van der Waals surface area contributed by atoms with Crippen molar-refractivity contribution in [1.82, 2.24) is 5.32 Å². The molecule has 144 valence electrons. The molecule has 9 heteroatoms. The number of nitrogens with two attached hydrogens (primary N) is 1. The third-order valence-corrected chi connectivity index (χ3v) is 5.54. The number of thioether (sulfide) groups is 1.